The van der Waals surface area contributed by atoms with Crippen molar-refractivity contribution in [1.29, 1.82) is 0 Å². The van der Waals surface area contributed by atoms with Gasteiger partial charge in [-0.25, -0.2) is 4.98 Å². The number of nitrogen functional groups attached to an aromatic ring is 1. The Morgan fingerprint density at radius 1 is 1.29 bits per heavy atom. The highest BCUT2D eigenvalue weighted by atomic mass is 16.1. The smallest absolute Gasteiger partial charge is 0.251 e. The van der Waals surface area contributed by atoms with Gasteiger partial charge < -0.3 is 11.1 Å². The largest absolute Gasteiger partial charge is 0.384 e. The molecule has 0 aliphatic carbocycles. The van der Waals surface area contributed by atoms with Gasteiger partial charge >= 0.3 is 0 Å². The zero-order valence-corrected chi connectivity index (χ0v) is 13.8. The lowest BCUT2D eigenvalue weighted by molar-refractivity contribution is 0.0937. The minimum absolute atomic E-state index is 0.0569. The SMILES string of the molecule is CCCc1cc(C(=O)NC(C)CCCC(C)C)cc(N)n1. The number of nitrogens with two attached hydrogens (primary N) is 1. The molecule has 0 spiro atoms. The van der Waals surface area contributed by atoms with Crippen LogP contribution in [-0.2, 0) is 6.42 Å². The van der Waals surface area contributed by atoms with Crippen molar-refractivity contribution in [2.75, 3.05) is 5.73 Å². The topological polar surface area (TPSA) is 68.0 Å². The molecule has 4 nitrogen and oxygen atoms in total. The van der Waals surface area contributed by atoms with E-state index in [0.29, 0.717) is 17.3 Å². The van der Waals surface area contributed by atoms with Crippen molar-refractivity contribution in [2.24, 2.45) is 5.92 Å². The Balaban J connectivity index is 2.58. The van der Waals surface area contributed by atoms with E-state index in [4.69, 9.17) is 5.73 Å². The highest BCUT2D eigenvalue weighted by molar-refractivity contribution is 5.95. The average Bonchev–Trinajstić information content (AvgIpc) is 2.37. The third kappa shape index (κ3) is 6.61. The van der Waals surface area contributed by atoms with E-state index in [0.717, 1.165) is 31.4 Å². The van der Waals surface area contributed by atoms with Crippen molar-refractivity contribution in [3.63, 3.8) is 0 Å². The van der Waals surface area contributed by atoms with Crippen molar-refractivity contribution < 1.29 is 4.79 Å². The maximum absolute atomic E-state index is 12.3. The highest BCUT2D eigenvalue weighted by Gasteiger charge is 2.12. The van der Waals surface area contributed by atoms with Gasteiger partial charge in [0.25, 0.3) is 5.91 Å². The van der Waals surface area contributed by atoms with E-state index in [1.54, 1.807) is 6.07 Å². The number of hydrogen-bond acceptors (Lipinski definition) is 3. The van der Waals surface area contributed by atoms with Crippen molar-refractivity contribution in [2.45, 2.75) is 65.8 Å². The Hall–Kier alpha value is -1.58. The van der Waals surface area contributed by atoms with Crippen molar-refractivity contribution in [3.8, 4) is 0 Å². The number of nitrogens with one attached hydrogen (secondary N) is 1. The first-order valence-corrected chi connectivity index (χ1v) is 7.99. The normalized spacial score (nSPS) is 12.4. The Labute approximate surface area is 128 Å². The number of aromatic nitrogens is 1. The molecule has 0 aliphatic heterocycles. The molecule has 3 N–H and O–H groups in total. The lowest BCUT2D eigenvalue weighted by Crippen LogP contribution is -2.32. The second-order valence-corrected chi connectivity index (χ2v) is 6.22. The Bertz CT molecular complexity index is 457. The summed E-state index contributed by atoms with van der Waals surface area (Å²) in [4.78, 5) is 16.5. The molecule has 1 aromatic heterocycles. The summed E-state index contributed by atoms with van der Waals surface area (Å²) in [5, 5.41) is 3.04. The molecular weight excluding hydrogens is 262 g/mol. The number of rotatable bonds is 8. The van der Waals surface area contributed by atoms with Gasteiger partial charge in [-0.15, -0.1) is 0 Å². The molecule has 0 fully saturated rings. The van der Waals surface area contributed by atoms with Crippen molar-refractivity contribution in [3.05, 3.63) is 23.4 Å². The van der Waals surface area contributed by atoms with Crippen LogP contribution in [-0.4, -0.2) is 16.9 Å². The fourth-order valence-electron chi connectivity index (χ4n) is 2.34. The maximum Gasteiger partial charge on any atom is 0.251 e. The van der Waals surface area contributed by atoms with Gasteiger partial charge in [0.1, 0.15) is 5.82 Å². The van der Waals surface area contributed by atoms with Crippen LogP contribution in [0.1, 0.15) is 69.4 Å². The molecule has 1 amide bonds. The molecule has 21 heavy (non-hydrogen) atoms. The van der Waals surface area contributed by atoms with Crippen LogP contribution in [0, 0.1) is 5.92 Å². The Morgan fingerprint density at radius 2 is 2.00 bits per heavy atom. The van der Waals surface area contributed by atoms with Crippen molar-refractivity contribution >= 4 is 11.7 Å². The van der Waals surface area contributed by atoms with Crippen molar-refractivity contribution in [1.82, 2.24) is 10.3 Å². The predicted octanol–water partition coefficient (Wildman–Crippen LogP) is 3.56. The molecule has 0 saturated heterocycles. The fraction of sp³-hybridized carbons (Fsp3) is 0.647. The minimum Gasteiger partial charge on any atom is -0.384 e. The first kappa shape index (κ1) is 17.5. The molecule has 1 atom stereocenters. The summed E-state index contributed by atoms with van der Waals surface area (Å²) in [6, 6.07) is 3.67. The van der Waals surface area contributed by atoms with Crippen LogP contribution >= 0.6 is 0 Å². The summed E-state index contributed by atoms with van der Waals surface area (Å²) in [5.41, 5.74) is 7.28. The summed E-state index contributed by atoms with van der Waals surface area (Å²) >= 11 is 0. The summed E-state index contributed by atoms with van der Waals surface area (Å²) in [7, 11) is 0. The lowest BCUT2D eigenvalue weighted by atomic mass is 10.0. The number of anilines is 1. The second kappa shape index (κ2) is 8.65. The average molecular weight is 291 g/mol. The third-order valence-corrected chi connectivity index (χ3v) is 3.46. The van der Waals surface area contributed by atoms with E-state index >= 15 is 0 Å². The first-order valence-electron chi connectivity index (χ1n) is 7.99. The van der Waals surface area contributed by atoms with Crippen LogP contribution in [0.2, 0.25) is 0 Å². The second-order valence-electron chi connectivity index (χ2n) is 6.22. The molecule has 1 rings (SSSR count). The summed E-state index contributed by atoms with van der Waals surface area (Å²) in [6.07, 6.45) is 5.17. The van der Waals surface area contributed by atoms with Crippen LogP contribution in [0.5, 0.6) is 0 Å². The molecular formula is C17H29N3O. The number of carbonyl (C=O) groups is 1. The molecule has 0 aromatic carbocycles. The van der Waals surface area contributed by atoms with Crippen LogP contribution in [0.15, 0.2) is 12.1 Å². The highest BCUT2D eigenvalue weighted by Crippen LogP contribution is 2.12. The zero-order chi connectivity index (χ0) is 15.8. The number of aryl methyl sites for hydroxylation is 1. The number of carbonyl (C=O) groups excluding carboxylic acids is 1. The van der Waals surface area contributed by atoms with Crippen LogP contribution in [0.25, 0.3) is 0 Å². The van der Waals surface area contributed by atoms with E-state index in [1.807, 2.05) is 6.07 Å². The molecule has 1 aromatic rings. The van der Waals surface area contributed by atoms with E-state index in [-0.39, 0.29) is 11.9 Å². The zero-order valence-electron chi connectivity index (χ0n) is 13.8. The molecule has 118 valence electrons. The molecule has 0 bridgehead atoms. The molecule has 0 aliphatic rings. The fourth-order valence-corrected chi connectivity index (χ4v) is 2.34. The molecule has 4 heteroatoms. The van der Waals surface area contributed by atoms with Crippen LogP contribution < -0.4 is 11.1 Å². The van der Waals surface area contributed by atoms with Gasteiger partial charge in [0.2, 0.25) is 0 Å². The van der Waals surface area contributed by atoms with Gasteiger partial charge in [-0.05, 0) is 37.8 Å². The number of nitrogens with zero attached hydrogens (tertiary/aromatic N) is 1. The molecule has 0 saturated carbocycles. The van der Waals surface area contributed by atoms with Gasteiger partial charge in [0, 0.05) is 17.3 Å². The van der Waals surface area contributed by atoms with Crippen LogP contribution in [0.3, 0.4) is 0 Å². The van der Waals surface area contributed by atoms with Gasteiger partial charge in [-0.3, -0.25) is 4.79 Å². The predicted molar refractivity (Wildman–Crippen MR) is 88.3 cm³/mol. The summed E-state index contributed by atoms with van der Waals surface area (Å²) < 4.78 is 0. The third-order valence-electron chi connectivity index (χ3n) is 3.46. The summed E-state index contributed by atoms with van der Waals surface area (Å²) in [6.45, 7) is 8.58. The molecule has 1 unspecified atom stereocenters. The van der Waals surface area contributed by atoms with Gasteiger partial charge in [0.15, 0.2) is 0 Å². The quantitative estimate of drug-likeness (QED) is 0.769. The monoisotopic (exact) mass is 291 g/mol. The number of hydrogen-bond donors (Lipinski definition) is 2. The van der Waals surface area contributed by atoms with Gasteiger partial charge in [0.05, 0.1) is 0 Å². The van der Waals surface area contributed by atoms with Gasteiger partial charge in [-0.2, -0.15) is 0 Å². The van der Waals surface area contributed by atoms with Gasteiger partial charge in [-0.1, -0.05) is 40.0 Å². The van der Waals surface area contributed by atoms with E-state index in [2.05, 4.69) is 38.0 Å². The van der Waals surface area contributed by atoms with E-state index in [9.17, 15) is 4.79 Å². The van der Waals surface area contributed by atoms with Crippen LogP contribution in [0.4, 0.5) is 5.82 Å². The Kier molecular flexibility index (Phi) is 7.20. The standard InChI is InChI=1S/C17H29N3O/c1-5-7-15-10-14(11-16(18)20-15)17(21)19-13(4)9-6-8-12(2)3/h10-13H,5-9H2,1-4H3,(H2,18,20)(H,19,21). The summed E-state index contributed by atoms with van der Waals surface area (Å²) in [5.74, 6) is 1.07. The molecule has 1 heterocycles. The van der Waals surface area contributed by atoms with E-state index in [1.165, 1.54) is 6.42 Å². The number of pyridine rings is 1. The maximum atomic E-state index is 12.3. The Morgan fingerprint density at radius 3 is 2.62 bits per heavy atom. The minimum atomic E-state index is -0.0569. The first-order chi connectivity index (χ1) is 9.92. The van der Waals surface area contributed by atoms with E-state index < -0.39 is 0 Å². The molecule has 0 radical (unpaired) electrons. The number of amides is 1. The lowest BCUT2D eigenvalue weighted by Gasteiger charge is -2.15.